The number of carbonyl (C=O) groups excluding carboxylic acids is 2. The van der Waals surface area contributed by atoms with Gasteiger partial charge in [0.1, 0.15) is 134 Å². The molecule has 33 heteroatoms. The Morgan fingerprint density at radius 2 is 0.781 bits per heavy atom. The van der Waals surface area contributed by atoms with Crippen molar-refractivity contribution in [2.45, 2.75) is 398 Å². The third-order valence-electron chi connectivity index (χ3n) is 20.7. The number of amides is 2. The van der Waals surface area contributed by atoms with Gasteiger partial charge in [-0.15, -0.1) is 0 Å². The number of ether oxygens (including phenoxy) is 12. The van der Waals surface area contributed by atoms with Gasteiger partial charge in [-0.25, -0.2) is 0 Å². The molecule has 33 nitrogen and oxygen atoms in total. The van der Waals surface area contributed by atoms with E-state index in [4.69, 9.17) is 56.8 Å². The van der Waals surface area contributed by atoms with Crippen molar-refractivity contribution < 1.29 is 153 Å². The van der Waals surface area contributed by atoms with Crippen LogP contribution in [-0.2, 0) is 66.4 Å². The standard InChI is InChI=1S/C72H130N2O31/c1-6-8-10-12-14-16-18-20-22-24-26-28-30-32-43(80)42(74-48(81)33-31-29-27-25-23-21-19-17-15-13-11-9-7-2)38-94-68-60(92)57(89)62(46(36-77)100-68)101-71-61(93)65(53(85)45(35-76)97-71)104-67-49(73-41(5)79)64(63(47(37-78)99-67)102-69-58(90)54(86)50(82)39(3)95-69)103-72-66(56(88)52(84)44(34-75)98-72)105-70-59(91)55(87)51(83)40(4)96-70/h30,32,39-40,42-47,49-72,75-78,80,82-93H,6-29,31,33-38H2,1-5H3,(H,73,79)(H,74,81)/b32-30+/t39?,40?,42-,43+,44?,45?,46?,47?,49?,50+,51+,52-,53-,54?,55?,56-,57+,58-,59-,60?,61?,62+,63+,64+,65-,66?,67-,68+,69+,70+,71-,72-/m0/s1. The first kappa shape index (κ1) is 91.4. The topological polar surface area (TPSA) is 513 Å². The fraction of sp³-hybridized carbons (Fsp3) is 0.944. The summed E-state index contributed by atoms with van der Waals surface area (Å²) in [6.45, 7) is 3.52. The van der Waals surface area contributed by atoms with E-state index in [1.165, 1.54) is 110 Å². The Hall–Kier alpha value is -2.48. The Bertz CT molecular complexity index is 2400. The van der Waals surface area contributed by atoms with Gasteiger partial charge in [0.25, 0.3) is 0 Å². The lowest BCUT2D eigenvalue weighted by atomic mass is 9.93. The number of nitrogens with one attached hydrogen (secondary N) is 2. The Kier molecular flexibility index (Phi) is 41.6. The maximum Gasteiger partial charge on any atom is 0.220 e. The van der Waals surface area contributed by atoms with Crippen LogP contribution in [0.2, 0.25) is 0 Å². The van der Waals surface area contributed by atoms with Crippen LogP contribution in [0.15, 0.2) is 12.2 Å². The van der Waals surface area contributed by atoms with Crippen LogP contribution >= 0.6 is 0 Å². The summed E-state index contributed by atoms with van der Waals surface area (Å²) in [4.78, 5) is 27.0. The van der Waals surface area contributed by atoms with Gasteiger partial charge < -0.3 is 154 Å². The van der Waals surface area contributed by atoms with Crippen molar-refractivity contribution in [2.75, 3.05) is 33.0 Å². The van der Waals surface area contributed by atoms with Gasteiger partial charge in [0.2, 0.25) is 11.8 Å². The number of hydrogen-bond acceptors (Lipinski definition) is 31. The van der Waals surface area contributed by atoms with Gasteiger partial charge in [-0.05, 0) is 33.1 Å². The van der Waals surface area contributed by atoms with E-state index in [1.54, 1.807) is 6.08 Å². The van der Waals surface area contributed by atoms with Gasteiger partial charge in [0.15, 0.2) is 37.7 Å². The lowest BCUT2D eigenvalue weighted by Gasteiger charge is -2.52. The zero-order chi connectivity index (χ0) is 76.9. The van der Waals surface area contributed by atoms with E-state index in [-0.39, 0.29) is 12.3 Å². The van der Waals surface area contributed by atoms with E-state index < -0.39 is 235 Å². The molecule has 0 aromatic rings. The quantitative estimate of drug-likeness (QED) is 0.0249. The average molecular weight is 1520 g/mol. The molecule has 19 N–H and O–H groups in total. The van der Waals surface area contributed by atoms with Crippen LogP contribution in [-0.4, -0.2) is 328 Å². The second-order valence-electron chi connectivity index (χ2n) is 29.2. The molecule has 0 spiro atoms. The fourth-order valence-electron chi connectivity index (χ4n) is 14.2. The van der Waals surface area contributed by atoms with E-state index in [0.717, 1.165) is 58.3 Å². The maximum atomic E-state index is 13.5. The SMILES string of the molecule is CCCCCCCCCCCCC/C=C/[C@@H](O)[C@H](CO[C@@H]1OC(CO)[C@@H](O[C@@H]2OC(CO)[C@H](O)[C@H](O[C@@H]3OC(CO)[C@@H](O[C@H]4OC(C)[C@@H](O)C(O)[C@@H]4O)[C@H](O[C@@H]4OC(CO)[C@H](O)[C@H](O)C4O[C@H]4OC(C)[C@@H](O)C(O)[C@@H]4O)C3NC(C)=O)C2O)[C@H](O)C1O)NC(=O)CCCCCCCCCCCCCCC. The van der Waals surface area contributed by atoms with Gasteiger partial charge in [0, 0.05) is 13.3 Å². The highest BCUT2D eigenvalue weighted by Crippen LogP contribution is 2.39. The van der Waals surface area contributed by atoms with Crippen molar-refractivity contribution in [2.24, 2.45) is 0 Å². The highest BCUT2D eigenvalue weighted by Gasteiger charge is 2.59. The number of rotatable bonds is 47. The first-order valence-electron chi connectivity index (χ1n) is 38.7. The lowest BCUT2D eigenvalue weighted by molar-refractivity contribution is -0.400. The van der Waals surface area contributed by atoms with Gasteiger partial charge in [-0.1, -0.05) is 167 Å². The molecule has 6 aliphatic heterocycles. The summed E-state index contributed by atoms with van der Waals surface area (Å²) in [7, 11) is 0. The zero-order valence-corrected chi connectivity index (χ0v) is 61.9. The smallest absolute Gasteiger partial charge is 0.220 e. The molecule has 0 radical (unpaired) electrons. The first-order chi connectivity index (χ1) is 50.3. The predicted molar refractivity (Wildman–Crippen MR) is 370 cm³/mol. The second-order valence-corrected chi connectivity index (χ2v) is 29.2. The molecule has 0 bridgehead atoms. The number of hydrogen-bond donors (Lipinski definition) is 19. The summed E-state index contributed by atoms with van der Waals surface area (Å²) in [6.07, 6.45) is -24.3. The molecule has 0 aromatic heterocycles. The summed E-state index contributed by atoms with van der Waals surface area (Å²) in [6, 6.07) is -2.98. The molecule has 6 aliphatic rings. The summed E-state index contributed by atoms with van der Waals surface area (Å²) in [5.74, 6) is -1.25. The van der Waals surface area contributed by atoms with Gasteiger partial charge >= 0.3 is 0 Å². The largest absolute Gasteiger partial charge is 0.394 e. The highest BCUT2D eigenvalue weighted by atomic mass is 16.8. The number of unbranched alkanes of at least 4 members (excludes halogenated alkanes) is 23. The van der Waals surface area contributed by atoms with Crippen LogP contribution in [0.1, 0.15) is 202 Å². The Morgan fingerprint density at radius 1 is 0.390 bits per heavy atom. The normalized spacial score (nSPS) is 39.0. The van der Waals surface area contributed by atoms with Crippen molar-refractivity contribution in [3.63, 3.8) is 0 Å². The Labute approximate surface area is 616 Å². The Morgan fingerprint density at radius 3 is 1.29 bits per heavy atom. The minimum Gasteiger partial charge on any atom is -0.394 e. The molecule has 0 saturated carbocycles. The van der Waals surface area contributed by atoms with E-state index >= 15 is 0 Å². The molecular formula is C72H130N2O31. The summed E-state index contributed by atoms with van der Waals surface area (Å²) in [5.41, 5.74) is 0. The molecular weight excluding hydrogens is 1390 g/mol. The van der Waals surface area contributed by atoms with Crippen LogP contribution in [0.4, 0.5) is 0 Å². The number of carbonyl (C=O) groups is 2. The lowest BCUT2D eigenvalue weighted by Crippen LogP contribution is -2.71. The van der Waals surface area contributed by atoms with Crippen molar-refractivity contribution in [3.8, 4) is 0 Å². The molecule has 105 heavy (non-hydrogen) atoms. The molecule has 2 amide bonds. The van der Waals surface area contributed by atoms with Gasteiger partial charge in [-0.3, -0.25) is 9.59 Å². The number of aliphatic hydroxyl groups is 17. The Balaban J connectivity index is 1.18. The molecule has 6 saturated heterocycles. The molecule has 0 aromatic carbocycles. The van der Waals surface area contributed by atoms with Crippen LogP contribution < -0.4 is 10.6 Å². The molecule has 6 fully saturated rings. The van der Waals surface area contributed by atoms with Gasteiger partial charge in [-0.2, -0.15) is 0 Å². The molecule has 6 heterocycles. The second kappa shape index (κ2) is 47.8. The third kappa shape index (κ3) is 27.1. The van der Waals surface area contributed by atoms with Crippen molar-refractivity contribution in [3.05, 3.63) is 12.2 Å². The average Bonchev–Trinajstić information content (AvgIpc) is 0.761. The predicted octanol–water partition coefficient (Wildman–Crippen LogP) is -1.29. The number of allylic oxidation sites excluding steroid dienone is 1. The summed E-state index contributed by atoms with van der Waals surface area (Å²) >= 11 is 0. The molecule has 0 aliphatic carbocycles. The van der Waals surface area contributed by atoms with E-state index in [1.807, 2.05) is 6.08 Å². The zero-order valence-electron chi connectivity index (χ0n) is 61.9. The van der Waals surface area contributed by atoms with Gasteiger partial charge in [0.05, 0.1) is 57.4 Å². The maximum absolute atomic E-state index is 13.5. The fourth-order valence-corrected chi connectivity index (χ4v) is 14.2. The number of aliphatic hydroxyl groups excluding tert-OH is 17. The molecule has 614 valence electrons. The minimum absolute atomic E-state index is 0.172. The van der Waals surface area contributed by atoms with E-state index in [2.05, 4.69) is 24.5 Å². The summed E-state index contributed by atoms with van der Waals surface area (Å²) < 4.78 is 72.4. The monoisotopic (exact) mass is 1520 g/mol. The minimum atomic E-state index is -2.25. The van der Waals surface area contributed by atoms with Crippen LogP contribution in [0.3, 0.4) is 0 Å². The third-order valence-corrected chi connectivity index (χ3v) is 20.7. The summed E-state index contributed by atoms with van der Waals surface area (Å²) in [5, 5.41) is 195. The highest BCUT2D eigenvalue weighted by molar-refractivity contribution is 5.76. The van der Waals surface area contributed by atoms with Crippen LogP contribution in [0, 0.1) is 0 Å². The van der Waals surface area contributed by atoms with Crippen molar-refractivity contribution in [1.82, 2.24) is 10.6 Å². The van der Waals surface area contributed by atoms with E-state index in [9.17, 15) is 96.4 Å². The first-order valence-corrected chi connectivity index (χ1v) is 38.7. The molecule has 32 atom stereocenters. The molecule has 6 rings (SSSR count). The molecule has 12 unspecified atom stereocenters. The van der Waals surface area contributed by atoms with Crippen molar-refractivity contribution >= 4 is 11.8 Å². The van der Waals surface area contributed by atoms with Crippen LogP contribution in [0.25, 0.3) is 0 Å². The van der Waals surface area contributed by atoms with Crippen molar-refractivity contribution in [1.29, 1.82) is 0 Å². The van der Waals surface area contributed by atoms with E-state index in [0.29, 0.717) is 12.8 Å². The van der Waals surface area contributed by atoms with Crippen LogP contribution in [0.5, 0.6) is 0 Å².